The van der Waals surface area contributed by atoms with Gasteiger partial charge in [-0.3, -0.25) is 9.89 Å². The quantitative estimate of drug-likeness (QED) is 0.584. The third kappa shape index (κ3) is 2.81. The largest absolute Gasteiger partial charge is 0.478 e. The maximum absolute atomic E-state index is 12.6. The van der Waals surface area contributed by atoms with E-state index in [-0.39, 0.29) is 11.1 Å². The maximum Gasteiger partial charge on any atom is 0.335 e. The molecule has 0 amide bonds. The van der Waals surface area contributed by atoms with Crippen LogP contribution in [0.3, 0.4) is 0 Å². The first-order valence-electron chi connectivity index (χ1n) is 8.48. The lowest BCUT2D eigenvalue weighted by molar-refractivity contribution is 0.0697. The van der Waals surface area contributed by atoms with Crippen molar-refractivity contribution < 1.29 is 9.90 Å². The lowest BCUT2D eigenvalue weighted by Gasteiger charge is -2.03. The molecule has 2 aromatic carbocycles. The lowest BCUT2D eigenvalue weighted by atomic mass is 10.0. The number of carboxylic acids is 1. The van der Waals surface area contributed by atoms with Gasteiger partial charge in [-0.1, -0.05) is 36.4 Å². The Morgan fingerprint density at radius 2 is 1.78 bits per heavy atom. The summed E-state index contributed by atoms with van der Waals surface area (Å²) in [4.78, 5) is 28.3. The molecule has 2 aromatic heterocycles. The van der Waals surface area contributed by atoms with Crippen molar-refractivity contribution in [2.75, 3.05) is 0 Å². The molecule has 134 valence electrons. The first-order chi connectivity index (χ1) is 13.0. The number of fused-ring (bicyclic) bond motifs is 1. The molecule has 2 N–H and O–H groups in total. The summed E-state index contributed by atoms with van der Waals surface area (Å²) in [6.45, 7) is 3.95. The van der Waals surface area contributed by atoms with Crippen molar-refractivity contribution in [2.24, 2.45) is 0 Å². The van der Waals surface area contributed by atoms with Gasteiger partial charge >= 0.3 is 5.97 Å². The van der Waals surface area contributed by atoms with Crippen LogP contribution in [-0.2, 0) is 0 Å². The summed E-state index contributed by atoms with van der Waals surface area (Å²) < 4.78 is 1.44. The molecule has 0 bridgehead atoms. The molecule has 0 spiro atoms. The van der Waals surface area contributed by atoms with Crippen molar-refractivity contribution in [1.29, 1.82) is 0 Å². The zero-order valence-electron chi connectivity index (χ0n) is 14.9. The van der Waals surface area contributed by atoms with E-state index in [1.165, 1.54) is 22.7 Å². The Labute approximate surface area is 154 Å². The van der Waals surface area contributed by atoms with E-state index in [1.807, 2.05) is 38.1 Å². The number of hydrogen-bond acceptors (Lipinski definition) is 3. The van der Waals surface area contributed by atoms with Crippen molar-refractivity contribution in [3.05, 3.63) is 81.6 Å². The highest BCUT2D eigenvalue weighted by Crippen LogP contribution is 2.27. The Hall–Kier alpha value is -3.67. The normalized spacial score (nSPS) is 11.0. The molecule has 0 aliphatic carbocycles. The Kier molecular flexibility index (Phi) is 3.88. The lowest BCUT2D eigenvalue weighted by Crippen LogP contribution is -2.14. The van der Waals surface area contributed by atoms with Crippen molar-refractivity contribution in [2.45, 2.75) is 13.8 Å². The number of rotatable bonds is 3. The number of carboxylic acid groups (broad SMARTS) is 1. The van der Waals surface area contributed by atoms with E-state index < -0.39 is 5.97 Å². The summed E-state index contributed by atoms with van der Waals surface area (Å²) in [6.07, 6.45) is 0. The molecule has 4 aromatic rings. The Morgan fingerprint density at radius 1 is 1.07 bits per heavy atom. The number of hydrogen-bond donors (Lipinski definition) is 2. The Bertz CT molecular complexity index is 1230. The van der Waals surface area contributed by atoms with E-state index >= 15 is 0 Å². The zero-order valence-corrected chi connectivity index (χ0v) is 14.9. The predicted molar refractivity (Wildman–Crippen MR) is 103 cm³/mol. The number of aryl methyl sites for hydroxylation is 2. The van der Waals surface area contributed by atoms with E-state index in [0.29, 0.717) is 16.9 Å². The second-order valence-electron chi connectivity index (χ2n) is 6.45. The van der Waals surface area contributed by atoms with Gasteiger partial charge < -0.3 is 5.11 Å². The van der Waals surface area contributed by atoms with Crippen LogP contribution in [0, 0.1) is 13.8 Å². The second-order valence-corrected chi connectivity index (χ2v) is 6.45. The number of carbonyl (C=O) groups is 1. The molecule has 0 unspecified atom stereocenters. The summed E-state index contributed by atoms with van der Waals surface area (Å²) in [5.41, 5.74) is 5.58. The highest BCUT2D eigenvalue weighted by Gasteiger charge is 2.15. The fraction of sp³-hybridized carbons (Fsp3) is 0.0952. The number of aromatic carboxylic acids is 1. The zero-order chi connectivity index (χ0) is 19.1. The molecular weight excluding hydrogens is 342 g/mol. The van der Waals surface area contributed by atoms with Crippen molar-refractivity contribution in [3.8, 4) is 22.5 Å². The first-order valence-corrected chi connectivity index (χ1v) is 8.48. The minimum atomic E-state index is -0.991. The number of nitrogens with one attached hydrogen (secondary N) is 1. The summed E-state index contributed by atoms with van der Waals surface area (Å²) in [5.74, 6) is -0.991. The van der Waals surface area contributed by atoms with Gasteiger partial charge in [0, 0.05) is 22.8 Å². The number of aromatic amines is 1. The molecule has 0 radical (unpaired) electrons. The van der Waals surface area contributed by atoms with E-state index in [9.17, 15) is 9.59 Å². The smallest absolute Gasteiger partial charge is 0.335 e. The fourth-order valence-electron chi connectivity index (χ4n) is 3.20. The van der Waals surface area contributed by atoms with Crippen LogP contribution >= 0.6 is 0 Å². The third-order valence-electron chi connectivity index (χ3n) is 4.69. The predicted octanol–water partition coefficient (Wildman–Crippen LogP) is 3.67. The fourth-order valence-corrected chi connectivity index (χ4v) is 3.20. The minimum Gasteiger partial charge on any atom is -0.478 e. The number of benzene rings is 2. The van der Waals surface area contributed by atoms with E-state index in [1.54, 1.807) is 12.1 Å². The molecule has 27 heavy (non-hydrogen) atoms. The number of nitrogens with zero attached hydrogens (tertiary/aromatic N) is 2. The van der Waals surface area contributed by atoms with Crippen molar-refractivity contribution >= 4 is 11.6 Å². The average molecular weight is 359 g/mol. The molecule has 0 atom stereocenters. The van der Waals surface area contributed by atoms with E-state index in [4.69, 9.17) is 5.11 Å². The van der Waals surface area contributed by atoms with Gasteiger partial charge in [0.1, 0.15) is 0 Å². The van der Waals surface area contributed by atoms with Gasteiger partial charge in [0.25, 0.3) is 5.56 Å². The molecular formula is C21H17N3O3. The highest BCUT2D eigenvalue weighted by molar-refractivity contribution is 5.88. The van der Waals surface area contributed by atoms with Crippen LogP contribution in [0.15, 0.2) is 59.4 Å². The summed E-state index contributed by atoms with van der Waals surface area (Å²) in [5, 5.41) is 12.2. The van der Waals surface area contributed by atoms with Crippen LogP contribution in [-0.4, -0.2) is 25.7 Å². The molecule has 0 aliphatic heterocycles. The molecule has 0 aliphatic rings. The number of aromatic nitrogens is 3. The SMILES string of the molecule is Cc1ccccc1-c1[nH]n2c(=O)cc(-c3ccc(C(=O)O)cc3)nc2c1C. The first kappa shape index (κ1) is 16.8. The highest BCUT2D eigenvalue weighted by atomic mass is 16.4. The summed E-state index contributed by atoms with van der Waals surface area (Å²) in [6, 6.07) is 15.7. The summed E-state index contributed by atoms with van der Waals surface area (Å²) >= 11 is 0. The molecule has 0 fully saturated rings. The van der Waals surface area contributed by atoms with Crippen LogP contribution in [0.25, 0.3) is 28.2 Å². The molecule has 0 saturated carbocycles. The average Bonchev–Trinajstić information content (AvgIpc) is 2.99. The van der Waals surface area contributed by atoms with Gasteiger partial charge in [0.15, 0.2) is 5.65 Å². The van der Waals surface area contributed by atoms with Crippen molar-refractivity contribution in [1.82, 2.24) is 14.6 Å². The summed E-state index contributed by atoms with van der Waals surface area (Å²) in [7, 11) is 0. The second kappa shape index (κ2) is 6.25. The van der Waals surface area contributed by atoms with Gasteiger partial charge in [-0.05, 0) is 31.5 Å². The minimum absolute atomic E-state index is 0.191. The van der Waals surface area contributed by atoms with Crippen molar-refractivity contribution in [3.63, 3.8) is 0 Å². The van der Waals surface area contributed by atoms with Gasteiger partial charge in [0.05, 0.1) is 17.0 Å². The van der Waals surface area contributed by atoms with Crippen LogP contribution < -0.4 is 5.56 Å². The van der Waals surface area contributed by atoms with E-state index in [0.717, 1.165) is 22.4 Å². The monoisotopic (exact) mass is 359 g/mol. The maximum atomic E-state index is 12.6. The van der Waals surface area contributed by atoms with Crippen LogP contribution in [0.1, 0.15) is 21.5 Å². The Balaban J connectivity index is 1.89. The van der Waals surface area contributed by atoms with Gasteiger partial charge in [-0.2, -0.15) is 0 Å². The Morgan fingerprint density at radius 3 is 2.44 bits per heavy atom. The van der Waals surface area contributed by atoms with Gasteiger partial charge in [0.2, 0.25) is 0 Å². The molecule has 6 heteroatoms. The third-order valence-corrected chi connectivity index (χ3v) is 4.69. The van der Waals surface area contributed by atoms with E-state index in [2.05, 4.69) is 10.1 Å². The van der Waals surface area contributed by atoms with Crippen LogP contribution in [0.2, 0.25) is 0 Å². The van der Waals surface area contributed by atoms with Crippen LogP contribution in [0.4, 0.5) is 0 Å². The molecule has 2 heterocycles. The topological polar surface area (TPSA) is 87.5 Å². The standard InChI is InChI=1S/C21H17N3O3/c1-12-5-3-4-6-16(12)19-13(2)20-22-17(11-18(25)24(20)23-19)14-7-9-15(10-8-14)21(26)27/h3-11,23H,1-2H3,(H,26,27). The molecule has 0 saturated heterocycles. The van der Waals surface area contributed by atoms with Gasteiger partial charge in [-0.15, -0.1) is 0 Å². The van der Waals surface area contributed by atoms with Crippen LogP contribution in [0.5, 0.6) is 0 Å². The number of H-pyrrole nitrogens is 1. The molecule has 6 nitrogen and oxygen atoms in total. The molecule has 4 rings (SSSR count). The van der Waals surface area contributed by atoms with Gasteiger partial charge in [-0.25, -0.2) is 14.3 Å².